The average molecular weight is 292 g/mol. The van der Waals surface area contributed by atoms with Crippen LogP contribution in [0.4, 0.5) is 0 Å². The third-order valence-electron chi connectivity index (χ3n) is 4.66. The number of rotatable bonds is 2. The molecule has 3 rings (SSSR count). The number of amides is 1. The van der Waals surface area contributed by atoms with Gasteiger partial charge in [-0.05, 0) is 50.9 Å². The number of likely N-dealkylation sites (tertiary alicyclic amines) is 2. The van der Waals surface area contributed by atoms with Gasteiger partial charge in [-0.3, -0.25) is 4.79 Å². The summed E-state index contributed by atoms with van der Waals surface area (Å²) in [4.78, 5) is 27.4. The van der Waals surface area contributed by atoms with Crippen LogP contribution >= 0.6 is 0 Å². The minimum atomic E-state index is -1.15. The first-order chi connectivity index (χ1) is 10.1. The average Bonchev–Trinajstić information content (AvgIpc) is 2.96. The molecule has 0 saturated carbocycles. The van der Waals surface area contributed by atoms with E-state index in [0.717, 1.165) is 25.9 Å². The Labute approximate surface area is 123 Å². The van der Waals surface area contributed by atoms with Gasteiger partial charge in [0.25, 0.3) is 5.91 Å². The van der Waals surface area contributed by atoms with Crippen molar-refractivity contribution in [1.82, 2.24) is 9.80 Å². The molecule has 0 spiro atoms. The van der Waals surface area contributed by atoms with Crippen LogP contribution in [0, 0.1) is 5.92 Å². The molecule has 0 bridgehead atoms. The summed E-state index contributed by atoms with van der Waals surface area (Å²) in [6.07, 6.45) is 3.29. The molecule has 2 saturated heterocycles. The third kappa shape index (κ3) is 2.68. The highest BCUT2D eigenvalue weighted by Gasteiger charge is 2.36. The zero-order chi connectivity index (χ0) is 15.0. The van der Waals surface area contributed by atoms with Crippen LogP contribution in [0.3, 0.4) is 0 Å². The lowest BCUT2D eigenvalue weighted by molar-refractivity contribution is 0.0296. The van der Waals surface area contributed by atoms with Gasteiger partial charge in [0.15, 0.2) is 5.76 Å². The summed E-state index contributed by atoms with van der Waals surface area (Å²) >= 11 is 0. The Morgan fingerprint density at radius 3 is 2.71 bits per heavy atom. The van der Waals surface area contributed by atoms with Gasteiger partial charge < -0.3 is 19.3 Å². The molecule has 0 aliphatic carbocycles. The first-order valence-corrected chi connectivity index (χ1v) is 7.39. The molecular formula is C15H20N2O4. The Morgan fingerprint density at radius 1 is 1.24 bits per heavy atom. The fourth-order valence-corrected chi connectivity index (χ4v) is 3.56. The highest BCUT2D eigenvalue weighted by Crippen LogP contribution is 2.30. The molecule has 114 valence electrons. The fraction of sp³-hybridized carbons (Fsp3) is 0.600. The second-order valence-corrected chi connectivity index (χ2v) is 5.96. The lowest BCUT2D eigenvalue weighted by Crippen LogP contribution is -2.53. The van der Waals surface area contributed by atoms with E-state index in [-0.39, 0.29) is 17.4 Å². The Morgan fingerprint density at radius 2 is 2.00 bits per heavy atom. The van der Waals surface area contributed by atoms with Crippen molar-refractivity contribution in [3.8, 4) is 0 Å². The minimum Gasteiger partial charge on any atom is -0.475 e. The second kappa shape index (κ2) is 5.52. The van der Waals surface area contributed by atoms with E-state index in [4.69, 9.17) is 9.52 Å². The summed E-state index contributed by atoms with van der Waals surface area (Å²) in [5.41, 5.74) is 0. The van der Waals surface area contributed by atoms with Crippen molar-refractivity contribution in [2.45, 2.75) is 25.3 Å². The largest absolute Gasteiger partial charge is 0.475 e. The highest BCUT2D eigenvalue weighted by molar-refractivity contribution is 5.93. The maximum atomic E-state index is 12.4. The molecule has 2 aliphatic rings. The molecule has 2 unspecified atom stereocenters. The molecular weight excluding hydrogens is 272 g/mol. The number of carbonyl (C=O) groups excluding carboxylic acids is 1. The van der Waals surface area contributed by atoms with Crippen LogP contribution in [0.5, 0.6) is 0 Å². The number of carboxylic acid groups (broad SMARTS) is 1. The van der Waals surface area contributed by atoms with Crippen molar-refractivity contribution in [3.05, 3.63) is 23.7 Å². The van der Waals surface area contributed by atoms with Gasteiger partial charge >= 0.3 is 5.97 Å². The van der Waals surface area contributed by atoms with E-state index in [1.807, 2.05) is 0 Å². The number of carbonyl (C=O) groups is 2. The Kier molecular flexibility index (Phi) is 3.71. The molecule has 1 N–H and O–H groups in total. The van der Waals surface area contributed by atoms with E-state index >= 15 is 0 Å². The molecule has 6 heteroatoms. The van der Waals surface area contributed by atoms with E-state index in [1.165, 1.54) is 18.6 Å². The SMILES string of the molecule is CN1CCCC2CN(C(=O)c3ccc(C(=O)O)o3)CCC21. The topological polar surface area (TPSA) is 74.0 Å². The molecule has 1 aromatic heterocycles. The van der Waals surface area contributed by atoms with E-state index in [0.29, 0.717) is 18.5 Å². The normalized spacial score (nSPS) is 26.4. The van der Waals surface area contributed by atoms with E-state index in [9.17, 15) is 9.59 Å². The minimum absolute atomic E-state index is 0.120. The molecule has 2 atom stereocenters. The molecule has 21 heavy (non-hydrogen) atoms. The van der Waals surface area contributed by atoms with Crippen molar-refractivity contribution in [2.24, 2.45) is 5.92 Å². The quantitative estimate of drug-likeness (QED) is 0.895. The number of carboxylic acids is 1. The molecule has 6 nitrogen and oxygen atoms in total. The lowest BCUT2D eigenvalue weighted by atomic mass is 9.84. The van der Waals surface area contributed by atoms with Crippen LogP contribution in [-0.2, 0) is 0 Å². The lowest BCUT2D eigenvalue weighted by Gasteiger charge is -2.45. The standard InChI is InChI=1S/C15H20N2O4/c1-16-7-2-3-10-9-17(8-6-11(10)16)14(18)12-4-5-13(21-12)15(19)20/h4-5,10-11H,2-3,6-9H2,1H3,(H,19,20). The highest BCUT2D eigenvalue weighted by atomic mass is 16.4. The van der Waals surface area contributed by atoms with Gasteiger partial charge in [-0.25, -0.2) is 4.79 Å². The van der Waals surface area contributed by atoms with Gasteiger partial charge in [-0.2, -0.15) is 0 Å². The molecule has 1 aromatic rings. The van der Waals surface area contributed by atoms with Crippen molar-refractivity contribution < 1.29 is 19.1 Å². The predicted octanol–water partition coefficient (Wildman–Crippen LogP) is 1.53. The van der Waals surface area contributed by atoms with Crippen molar-refractivity contribution >= 4 is 11.9 Å². The number of piperidine rings is 2. The summed E-state index contributed by atoms with van der Waals surface area (Å²) in [5, 5.41) is 8.85. The fourth-order valence-electron chi connectivity index (χ4n) is 3.56. The van der Waals surface area contributed by atoms with Crippen LogP contribution < -0.4 is 0 Å². The first-order valence-electron chi connectivity index (χ1n) is 7.39. The Hall–Kier alpha value is -1.82. The van der Waals surface area contributed by atoms with E-state index in [1.54, 1.807) is 4.90 Å². The molecule has 0 aromatic carbocycles. The summed E-state index contributed by atoms with van der Waals surface area (Å²) in [6, 6.07) is 3.34. The number of aromatic carboxylic acids is 1. The van der Waals surface area contributed by atoms with E-state index in [2.05, 4.69) is 11.9 Å². The number of fused-ring (bicyclic) bond motifs is 1. The van der Waals surface area contributed by atoms with Crippen LogP contribution in [-0.4, -0.2) is 59.5 Å². The van der Waals surface area contributed by atoms with Crippen molar-refractivity contribution in [2.75, 3.05) is 26.7 Å². The maximum absolute atomic E-state index is 12.4. The molecule has 3 heterocycles. The maximum Gasteiger partial charge on any atom is 0.371 e. The van der Waals surface area contributed by atoms with Gasteiger partial charge in [0.1, 0.15) is 0 Å². The summed E-state index contributed by atoms with van der Waals surface area (Å²) in [6.45, 7) is 2.57. The molecule has 2 fully saturated rings. The smallest absolute Gasteiger partial charge is 0.371 e. The molecule has 2 aliphatic heterocycles. The third-order valence-corrected chi connectivity index (χ3v) is 4.66. The van der Waals surface area contributed by atoms with E-state index < -0.39 is 5.97 Å². The van der Waals surface area contributed by atoms with Gasteiger partial charge in [0, 0.05) is 19.1 Å². The Bertz CT molecular complexity index is 554. The van der Waals surface area contributed by atoms with Crippen LogP contribution in [0.1, 0.15) is 40.4 Å². The van der Waals surface area contributed by atoms with Crippen LogP contribution in [0.15, 0.2) is 16.5 Å². The van der Waals surface area contributed by atoms with Crippen LogP contribution in [0.2, 0.25) is 0 Å². The summed E-state index contributed by atoms with van der Waals surface area (Å²) < 4.78 is 5.12. The van der Waals surface area contributed by atoms with Crippen LogP contribution in [0.25, 0.3) is 0 Å². The van der Waals surface area contributed by atoms with Gasteiger partial charge in [0.2, 0.25) is 5.76 Å². The summed E-state index contributed by atoms with van der Waals surface area (Å²) in [5.74, 6) is -0.910. The van der Waals surface area contributed by atoms with Gasteiger partial charge in [-0.15, -0.1) is 0 Å². The first kappa shape index (κ1) is 14.1. The van der Waals surface area contributed by atoms with Crippen molar-refractivity contribution in [1.29, 1.82) is 0 Å². The predicted molar refractivity (Wildman–Crippen MR) is 75.3 cm³/mol. The second-order valence-electron chi connectivity index (χ2n) is 5.96. The molecule has 1 amide bonds. The number of furan rings is 1. The molecule has 0 radical (unpaired) electrons. The Balaban J connectivity index is 1.69. The van der Waals surface area contributed by atoms with Crippen molar-refractivity contribution in [3.63, 3.8) is 0 Å². The number of hydrogen-bond acceptors (Lipinski definition) is 4. The zero-order valence-electron chi connectivity index (χ0n) is 12.1. The number of nitrogens with zero attached hydrogens (tertiary/aromatic N) is 2. The monoisotopic (exact) mass is 292 g/mol. The number of hydrogen-bond donors (Lipinski definition) is 1. The van der Waals surface area contributed by atoms with Gasteiger partial charge in [0.05, 0.1) is 0 Å². The summed E-state index contributed by atoms with van der Waals surface area (Å²) in [7, 11) is 2.15. The van der Waals surface area contributed by atoms with Gasteiger partial charge in [-0.1, -0.05) is 0 Å². The zero-order valence-corrected chi connectivity index (χ0v) is 12.1.